The van der Waals surface area contributed by atoms with E-state index >= 15 is 0 Å². The number of nitrogens with one attached hydrogen (secondary N) is 2. The normalized spacial score (nSPS) is 13.0. The molecular formula is C14H13N3O3S. The van der Waals surface area contributed by atoms with Gasteiger partial charge in [-0.25, -0.2) is 0 Å². The minimum atomic E-state index is -0.491. The standard InChI is InChI=1S/C14H13N3O3S/c18-14(12-3-4-13(21-12)17(19)20)16-6-9-1-2-10-7-15-8-11(10)5-9/h1-5,15H,6-8H2,(H,16,18). The van der Waals surface area contributed by atoms with Crippen molar-refractivity contribution in [1.29, 1.82) is 0 Å². The van der Waals surface area contributed by atoms with Crippen LogP contribution >= 0.6 is 11.3 Å². The highest BCUT2D eigenvalue weighted by Crippen LogP contribution is 2.24. The molecule has 2 aromatic rings. The monoisotopic (exact) mass is 303 g/mol. The van der Waals surface area contributed by atoms with Crippen molar-refractivity contribution in [3.05, 3.63) is 62.0 Å². The van der Waals surface area contributed by atoms with Gasteiger partial charge in [0, 0.05) is 25.7 Å². The van der Waals surface area contributed by atoms with E-state index in [9.17, 15) is 14.9 Å². The molecule has 1 amide bonds. The first-order valence-electron chi connectivity index (χ1n) is 6.47. The quantitative estimate of drug-likeness (QED) is 0.670. The van der Waals surface area contributed by atoms with E-state index in [4.69, 9.17) is 0 Å². The molecule has 108 valence electrons. The highest BCUT2D eigenvalue weighted by atomic mass is 32.1. The minimum Gasteiger partial charge on any atom is -0.347 e. The number of carbonyl (C=O) groups is 1. The third-order valence-corrected chi connectivity index (χ3v) is 4.39. The predicted molar refractivity (Wildman–Crippen MR) is 79.1 cm³/mol. The van der Waals surface area contributed by atoms with Gasteiger partial charge in [-0.15, -0.1) is 0 Å². The zero-order valence-electron chi connectivity index (χ0n) is 11.1. The van der Waals surface area contributed by atoms with E-state index in [1.54, 1.807) is 0 Å². The third-order valence-electron chi connectivity index (χ3n) is 3.35. The van der Waals surface area contributed by atoms with Crippen LogP contribution in [-0.2, 0) is 19.6 Å². The second-order valence-corrected chi connectivity index (χ2v) is 5.85. The van der Waals surface area contributed by atoms with Crippen molar-refractivity contribution in [3.63, 3.8) is 0 Å². The number of nitrogens with zero attached hydrogens (tertiary/aromatic N) is 1. The van der Waals surface area contributed by atoms with Crippen LogP contribution in [0.5, 0.6) is 0 Å². The molecular weight excluding hydrogens is 290 g/mol. The van der Waals surface area contributed by atoms with Crippen molar-refractivity contribution in [3.8, 4) is 0 Å². The van der Waals surface area contributed by atoms with E-state index in [1.165, 1.54) is 23.3 Å². The molecule has 0 saturated heterocycles. The fourth-order valence-electron chi connectivity index (χ4n) is 2.28. The lowest BCUT2D eigenvalue weighted by Gasteiger charge is -2.06. The van der Waals surface area contributed by atoms with Crippen LogP contribution in [0.1, 0.15) is 26.4 Å². The van der Waals surface area contributed by atoms with Gasteiger partial charge in [0.15, 0.2) is 0 Å². The maximum Gasteiger partial charge on any atom is 0.324 e. The van der Waals surface area contributed by atoms with Gasteiger partial charge in [-0.2, -0.15) is 0 Å². The first kappa shape index (κ1) is 13.7. The SMILES string of the molecule is O=C(NCc1ccc2c(c1)CNC2)c1ccc([N+](=O)[O-])s1. The van der Waals surface area contributed by atoms with Crippen molar-refractivity contribution in [1.82, 2.24) is 10.6 Å². The fraction of sp³-hybridized carbons (Fsp3) is 0.214. The Morgan fingerprint density at radius 1 is 1.29 bits per heavy atom. The number of thiophene rings is 1. The lowest BCUT2D eigenvalue weighted by molar-refractivity contribution is -0.380. The van der Waals surface area contributed by atoms with E-state index < -0.39 is 4.92 Å². The highest BCUT2D eigenvalue weighted by molar-refractivity contribution is 7.17. The van der Waals surface area contributed by atoms with Gasteiger partial charge >= 0.3 is 5.00 Å². The van der Waals surface area contributed by atoms with Crippen LogP contribution in [0.25, 0.3) is 0 Å². The van der Waals surface area contributed by atoms with Gasteiger partial charge < -0.3 is 10.6 Å². The number of benzene rings is 1. The maximum atomic E-state index is 12.0. The van der Waals surface area contributed by atoms with Crippen LogP contribution in [0.2, 0.25) is 0 Å². The number of carbonyl (C=O) groups excluding carboxylic acids is 1. The molecule has 0 radical (unpaired) electrons. The lowest BCUT2D eigenvalue weighted by atomic mass is 10.1. The average molecular weight is 303 g/mol. The van der Waals surface area contributed by atoms with Crippen LogP contribution in [0, 0.1) is 10.1 Å². The number of hydrogen-bond donors (Lipinski definition) is 2. The predicted octanol–water partition coefficient (Wildman–Crippen LogP) is 2.19. The van der Waals surface area contributed by atoms with E-state index in [0.29, 0.717) is 11.4 Å². The Morgan fingerprint density at radius 3 is 2.86 bits per heavy atom. The summed E-state index contributed by atoms with van der Waals surface area (Å²) >= 11 is 0.883. The molecule has 0 atom stereocenters. The molecule has 1 aliphatic heterocycles. The van der Waals surface area contributed by atoms with Gasteiger partial charge in [-0.05, 0) is 22.8 Å². The van der Waals surface area contributed by atoms with Crippen LogP contribution < -0.4 is 10.6 Å². The minimum absolute atomic E-state index is 0.0243. The molecule has 7 heteroatoms. The van der Waals surface area contributed by atoms with Crippen molar-refractivity contribution in [2.75, 3.05) is 0 Å². The maximum absolute atomic E-state index is 12.0. The van der Waals surface area contributed by atoms with Gasteiger partial charge in [-0.3, -0.25) is 14.9 Å². The van der Waals surface area contributed by atoms with Gasteiger partial charge in [0.1, 0.15) is 0 Å². The van der Waals surface area contributed by atoms with E-state index in [0.717, 1.165) is 30.0 Å². The topological polar surface area (TPSA) is 84.3 Å². The Hall–Kier alpha value is -2.25. The average Bonchev–Trinajstić information content (AvgIpc) is 3.12. The summed E-state index contributed by atoms with van der Waals surface area (Å²) < 4.78 is 0. The van der Waals surface area contributed by atoms with Gasteiger partial charge in [-0.1, -0.05) is 29.5 Å². The fourth-order valence-corrected chi connectivity index (χ4v) is 3.01. The Kier molecular flexibility index (Phi) is 3.68. The summed E-state index contributed by atoms with van der Waals surface area (Å²) in [4.78, 5) is 22.4. The molecule has 0 unspecified atom stereocenters. The number of nitro groups is 1. The summed E-state index contributed by atoms with van der Waals surface area (Å²) in [5.74, 6) is -0.285. The van der Waals surface area contributed by atoms with Crippen LogP contribution in [0.4, 0.5) is 5.00 Å². The number of amides is 1. The molecule has 1 aromatic carbocycles. The van der Waals surface area contributed by atoms with Gasteiger partial charge in [0.2, 0.25) is 0 Å². The Balaban J connectivity index is 1.64. The highest BCUT2D eigenvalue weighted by Gasteiger charge is 2.15. The number of fused-ring (bicyclic) bond motifs is 1. The van der Waals surface area contributed by atoms with Crippen molar-refractivity contribution >= 4 is 22.2 Å². The molecule has 21 heavy (non-hydrogen) atoms. The molecule has 0 aliphatic carbocycles. The number of rotatable bonds is 4. The first-order chi connectivity index (χ1) is 10.1. The van der Waals surface area contributed by atoms with Gasteiger partial charge in [0.05, 0.1) is 9.80 Å². The summed E-state index contributed by atoms with van der Waals surface area (Å²) in [7, 11) is 0. The molecule has 0 bridgehead atoms. The second-order valence-electron chi connectivity index (χ2n) is 4.78. The van der Waals surface area contributed by atoms with Crippen molar-refractivity contribution in [2.24, 2.45) is 0 Å². The summed E-state index contributed by atoms with van der Waals surface area (Å²) in [5.41, 5.74) is 3.57. The van der Waals surface area contributed by atoms with Crippen LogP contribution in [-0.4, -0.2) is 10.8 Å². The summed E-state index contributed by atoms with van der Waals surface area (Å²) in [6.45, 7) is 2.16. The zero-order chi connectivity index (χ0) is 14.8. The largest absolute Gasteiger partial charge is 0.347 e. The van der Waals surface area contributed by atoms with Crippen molar-refractivity contribution in [2.45, 2.75) is 19.6 Å². The molecule has 0 fully saturated rings. The molecule has 2 N–H and O–H groups in total. The Labute approximate surface area is 124 Å². The smallest absolute Gasteiger partial charge is 0.324 e. The molecule has 3 rings (SSSR count). The van der Waals surface area contributed by atoms with E-state index in [-0.39, 0.29) is 10.9 Å². The first-order valence-corrected chi connectivity index (χ1v) is 7.29. The molecule has 0 saturated carbocycles. The summed E-state index contributed by atoms with van der Waals surface area (Å²) in [6.07, 6.45) is 0. The van der Waals surface area contributed by atoms with E-state index in [1.807, 2.05) is 6.07 Å². The summed E-state index contributed by atoms with van der Waals surface area (Å²) in [6, 6.07) is 8.95. The Bertz CT molecular complexity index is 711. The molecule has 2 heterocycles. The Morgan fingerprint density at radius 2 is 2.10 bits per heavy atom. The molecule has 0 spiro atoms. The zero-order valence-corrected chi connectivity index (χ0v) is 11.9. The lowest BCUT2D eigenvalue weighted by Crippen LogP contribution is -2.21. The van der Waals surface area contributed by atoms with Gasteiger partial charge in [0.25, 0.3) is 5.91 Å². The van der Waals surface area contributed by atoms with Crippen LogP contribution in [0.15, 0.2) is 30.3 Å². The second kappa shape index (κ2) is 5.63. The number of hydrogen-bond acceptors (Lipinski definition) is 5. The van der Waals surface area contributed by atoms with Crippen molar-refractivity contribution < 1.29 is 9.72 Å². The van der Waals surface area contributed by atoms with E-state index in [2.05, 4.69) is 22.8 Å². The van der Waals surface area contributed by atoms with Crippen LogP contribution in [0.3, 0.4) is 0 Å². The molecule has 1 aromatic heterocycles. The summed E-state index contributed by atoms with van der Waals surface area (Å²) in [5, 5.41) is 16.6. The molecule has 6 nitrogen and oxygen atoms in total. The third kappa shape index (κ3) is 2.93. The molecule has 1 aliphatic rings.